The number of carbonyl (C=O) groups is 2. The van der Waals surface area contributed by atoms with Gasteiger partial charge in [-0.3, -0.25) is 9.59 Å². The van der Waals surface area contributed by atoms with Crippen LogP contribution in [0.15, 0.2) is 42.5 Å². The number of hydrogen-bond donors (Lipinski definition) is 1. The summed E-state index contributed by atoms with van der Waals surface area (Å²) in [6.07, 6.45) is 0. The van der Waals surface area contributed by atoms with Gasteiger partial charge in [-0.25, -0.2) is 4.39 Å². The van der Waals surface area contributed by atoms with E-state index in [1.165, 1.54) is 29.2 Å². The van der Waals surface area contributed by atoms with Gasteiger partial charge in [-0.15, -0.1) is 0 Å². The zero-order chi connectivity index (χ0) is 17.7. The zero-order valence-electron chi connectivity index (χ0n) is 12.9. The van der Waals surface area contributed by atoms with Crippen LogP contribution in [0, 0.1) is 5.82 Å². The van der Waals surface area contributed by atoms with Crippen molar-refractivity contribution in [1.29, 1.82) is 0 Å². The third kappa shape index (κ3) is 4.94. The van der Waals surface area contributed by atoms with Gasteiger partial charge in [0, 0.05) is 29.2 Å². The van der Waals surface area contributed by atoms with Crippen LogP contribution in [0.2, 0.25) is 10.0 Å². The summed E-state index contributed by atoms with van der Waals surface area (Å²) in [5.74, 6) is -1.15. The highest BCUT2D eigenvalue weighted by molar-refractivity contribution is 6.35. The molecule has 0 atom stereocenters. The van der Waals surface area contributed by atoms with Gasteiger partial charge >= 0.3 is 0 Å². The van der Waals surface area contributed by atoms with E-state index in [4.69, 9.17) is 23.2 Å². The highest BCUT2D eigenvalue weighted by atomic mass is 35.5. The second kappa shape index (κ2) is 8.13. The predicted octanol–water partition coefficient (Wildman–Crippen LogP) is 3.52. The van der Waals surface area contributed by atoms with Crippen molar-refractivity contribution in [2.24, 2.45) is 0 Å². The first-order chi connectivity index (χ1) is 11.4. The van der Waals surface area contributed by atoms with Crippen LogP contribution >= 0.6 is 23.2 Å². The Hall–Kier alpha value is -2.11. The Balaban J connectivity index is 1.89. The monoisotopic (exact) mass is 368 g/mol. The molecule has 0 heterocycles. The van der Waals surface area contributed by atoms with Gasteiger partial charge in [-0.05, 0) is 42.0 Å². The van der Waals surface area contributed by atoms with Crippen LogP contribution in [0.3, 0.4) is 0 Å². The van der Waals surface area contributed by atoms with Crippen LogP contribution in [0.4, 0.5) is 4.39 Å². The minimum absolute atomic E-state index is 0.169. The van der Waals surface area contributed by atoms with Crippen LogP contribution < -0.4 is 5.32 Å². The van der Waals surface area contributed by atoms with Gasteiger partial charge in [-0.1, -0.05) is 29.3 Å². The average Bonchev–Trinajstić information content (AvgIpc) is 2.55. The summed E-state index contributed by atoms with van der Waals surface area (Å²) in [4.78, 5) is 25.4. The first-order valence-electron chi connectivity index (χ1n) is 7.08. The van der Waals surface area contributed by atoms with E-state index in [1.807, 2.05) is 0 Å². The summed E-state index contributed by atoms with van der Waals surface area (Å²) in [5, 5.41) is 3.49. The molecule has 2 amide bonds. The second-order valence-electron chi connectivity index (χ2n) is 5.18. The summed E-state index contributed by atoms with van der Waals surface area (Å²) in [5.41, 5.74) is 1.04. The fourth-order valence-corrected chi connectivity index (χ4v) is 2.46. The number of amides is 2. The van der Waals surface area contributed by atoms with Gasteiger partial charge in [0.2, 0.25) is 5.91 Å². The molecule has 0 saturated heterocycles. The summed E-state index contributed by atoms with van der Waals surface area (Å²) >= 11 is 11.9. The molecular weight excluding hydrogens is 354 g/mol. The number of halogens is 3. The van der Waals surface area contributed by atoms with Crippen molar-refractivity contribution in [1.82, 2.24) is 10.2 Å². The van der Waals surface area contributed by atoms with Gasteiger partial charge in [0.1, 0.15) is 5.82 Å². The smallest absolute Gasteiger partial charge is 0.251 e. The number of nitrogens with zero attached hydrogens (tertiary/aromatic N) is 1. The van der Waals surface area contributed by atoms with Crippen molar-refractivity contribution in [3.8, 4) is 0 Å². The Kier molecular flexibility index (Phi) is 6.17. The molecule has 0 aromatic heterocycles. The minimum Gasteiger partial charge on any atom is -0.343 e. The molecule has 7 heteroatoms. The van der Waals surface area contributed by atoms with Crippen LogP contribution in [-0.4, -0.2) is 30.3 Å². The summed E-state index contributed by atoms with van der Waals surface area (Å²) < 4.78 is 12.8. The fourth-order valence-electron chi connectivity index (χ4n) is 1.99. The van der Waals surface area contributed by atoms with Gasteiger partial charge in [0.05, 0.1) is 6.54 Å². The largest absolute Gasteiger partial charge is 0.343 e. The maximum absolute atomic E-state index is 12.8. The molecule has 4 nitrogen and oxygen atoms in total. The van der Waals surface area contributed by atoms with Crippen LogP contribution in [-0.2, 0) is 11.3 Å². The molecule has 0 spiro atoms. The number of rotatable bonds is 5. The third-order valence-electron chi connectivity index (χ3n) is 3.35. The lowest BCUT2D eigenvalue weighted by Gasteiger charge is -2.18. The van der Waals surface area contributed by atoms with E-state index in [0.717, 1.165) is 5.56 Å². The Morgan fingerprint density at radius 2 is 1.79 bits per heavy atom. The topological polar surface area (TPSA) is 49.4 Å². The number of likely N-dealkylation sites (N-methyl/N-ethyl adjacent to an activating group) is 1. The normalized spacial score (nSPS) is 10.3. The maximum Gasteiger partial charge on any atom is 0.251 e. The number of benzene rings is 2. The van der Waals surface area contributed by atoms with E-state index in [2.05, 4.69) is 5.32 Å². The van der Waals surface area contributed by atoms with Crippen molar-refractivity contribution in [3.05, 3.63) is 69.5 Å². The van der Waals surface area contributed by atoms with Crippen LogP contribution in [0.1, 0.15) is 15.9 Å². The Bertz CT molecular complexity index is 751. The lowest BCUT2D eigenvalue weighted by Crippen LogP contribution is -2.37. The summed E-state index contributed by atoms with van der Waals surface area (Å²) in [6.45, 7) is 0.124. The summed E-state index contributed by atoms with van der Waals surface area (Å²) in [6, 6.07) is 10.1. The molecule has 1 N–H and O–H groups in total. The van der Waals surface area contributed by atoms with E-state index in [0.29, 0.717) is 16.6 Å². The molecular formula is C17H15Cl2FN2O2. The number of hydrogen-bond acceptors (Lipinski definition) is 2. The van der Waals surface area contributed by atoms with Gasteiger partial charge in [-0.2, -0.15) is 0 Å². The summed E-state index contributed by atoms with van der Waals surface area (Å²) in [7, 11) is 1.61. The lowest BCUT2D eigenvalue weighted by atomic mass is 10.2. The van der Waals surface area contributed by atoms with E-state index in [9.17, 15) is 14.0 Å². The molecule has 24 heavy (non-hydrogen) atoms. The number of carbonyl (C=O) groups excluding carboxylic acids is 2. The van der Waals surface area contributed by atoms with Crippen molar-refractivity contribution in [2.45, 2.75) is 6.54 Å². The first kappa shape index (κ1) is 18.2. The molecule has 0 bridgehead atoms. The van der Waals surface area contributed by atoms with Gasteiger partial charge in [0.25, 0.3) is 5.91 Å². The highest BCUT2D eigenvalue weighted by Gasteiger charge is 2.13. The standard InChI is InChI=1S/C17H15Cl2FN2O2/c1-22(10-12-2-5-13(18)8-15(12)19)16(23)9-21-17(24)11-3-6-14(20)7-4-11/h2-8H,9-10H2,1H3,(H,21,24). The molecule has 0 saturated carbocycles. The molecule has 2 aromatic rings. The molecule has 0 fully saturated rings. The maximum atomic E-state index is 12.8. The van der Waals surface area contributed by atoms with Crippen molar-refractivity contribution in [2.75, 3.05) is 13.6 Å². The molecule has 2 rings (SSSR count). The zero-order valence-corrected chi connectivity index (χ0v) is 14.4. The Morgan fingerprint density at radius 3 is 2.42 bits per heavy atom. The van der Waals surface area contributed by atoms with Crippen molar-refractivity contribution in [3.63, 3.8) is 0 Å². The third-order valence-corrected chi connectivity index (χ3v) is 3.94. The molecule has 0 aliphatic rings. The minimum atomic E-state index is -0.443. The highest BCUT2D eigenvalue weighted by Crippen LogP contribution is 2.21. The second-order valence-corrected chi connectivity index (χ2v) is 6.02. The van der Waals surface area contributed by atoms with E-state index < -0.39 is 11.7 Å². The first-order valence-corrected chi connectivity index (χ1v) is 7.84. The van der Waals surface area contributed by atoms with Crippen LogP contribution in [0.5, 0.6) is 0 Å². The number of nitrogens with one attached hydrogen (secondary N) is 1. The molecule has 2 aromatic carbocycles. The molecule has 0 unspecified atom stereocenters. The molecule has 0 radical (unpaired) electrons. The quantitative estimate of drug-likeness (QED) is 0.877. The van der Waals surface area contributed by atoms with Crippen molar-refractivity contribution >= 4 is 35.0 Å². The van der Waals surface area contributed by atoms with Crippen molar-refractivity contribution < 1.29 is 14.0 Å². The Labute approximate surface area is 149 Å². The predicted molar refractivity (Wildman–Crippen MR) is 91.7 cm³/mol. The van der Waals surface area contributed by atoms with E-state index in [1.54, 1.807) is 25.2 Å². The lowest BCUT2D eigenvalue weighted by molar-refractivity contribution is -0.129. The van der Waals surface area contributed by atoms with Gasteiger partial charge in [0.15, 0.2) is 0 Å². The van der Waals surface area contributed by atoms with Crippen LogP contribution in [0.25, 0.3) is 0 Å². The molecule has 0 aliphatic heterocycles. The average molecular weight is 369 g/mol. The van der Waals surface area contributed by atoms with E-state index >= 15 is 0 Å². The van der Waals surface area contributed by atoms with E-state index in [-0.39, 0.29) is 18.0 Å². The fraction of sp³-hybridized carbons (Fsp3) is 0.176. The van der Waals surface area contributed by atoms with Gasteiger partial charge < -0.3 is 10.2 Å². The SMILES string of the molecule is CN(Cc1ccc(Cl)cc1Cl)C(=O)CNC(=O)c1ccc(F)cc1. The molecule has 126 valence electrons. The molecule has 0 aliphatic carbocycles. The Morgan fingerprint density at radius 1 is 1.12 bits per heavy atom.